The van der Waals surface area contributed by atoms with Crippen molar-refractivity contribution in [1.82, 2.24) is 10.2 Å². The lowest BCUT2D eigenvalue weighted by atomic mass is 9.91. The molecule has 0 aliphatic carbocycles. The minimum Gasteiger partial charge on any atom is -0.493 e. The summed E-state index contributed by atoms with van der Waals surface area (Å²) >= 11 is 0. The van der Waals surface area contributed by atoms with Gasteiger partial charge in [-0.3, -0.25) is 0 Å². The lowest BCUT2D eigenvalue weighted by molar-refractivity contribution is 0.186. The van der Waals surface area contributed by atoms with Crippen molar-refractivity contribution in [2.24, 2.45) is 0 Å². The standard InChI is InChI=1S/C23H32N2O2.2ClH/c1-18(20-11-12-22(26-2)23(16-20)27-3)21-17-25(15-13-24-21)14-7-10-19-8-5-4-6-9-19;;/h4-6,8-9,11-12,16,18,21,24H,7,10,13-15,17H2,1-3H3;2*1H. The van der Waals surface area contributed by atoms with Crippen molar-refractivity contribution < 1.29 is 9.47 Å². The Morgan fingerprint density at radius 1 is 1.03 bits per heavy atom. The van der Waals surface area contributed by atoms with E-state index in [1.807, 2.05) is 6.07 Å². The Labute approximate surface area is 187 Å². The molecule has 3 rings (SSSR count). The molecule has 1 heterocycles. The van der Waals surface area contributed by atoms with Gasteiger partial charge in [0.1, 0.15) is 0 Å². The zero-order valence-electron chi connectivity index (χ0n) is 17.6. The molecule has 162 valence electrons. The van der Waals surface area contributed by atoms with Gasteiger partial charge in [-0.15, -0.1) is 24.8 Å². The first-order valence-electron chi connectivity index (χ1n) is 9.93. The molecule has 1 fully saturated rings. The molecule has 4 nitrogen and oxygen atoms in total. The maximum Gasteiger partial charge on any atom is 0.160 e. The quantitative estimate of drug-likeness (QED) is 0.652. The van der Waals surface area contributed by atoms with Crippen LogP contribution in [0.2, 0.25) is 0 Å². The lowest BCUT2D eigenvalue weighted by Gasteiger charge is -2.37. The van der Waals surface area contributed by atoms with Gasteiger partial charge in [0.15, 0.2) is 11.5 Å². The molecule has 0 saturated carbocycles. The predicted octanol–water partition coefficient (Wildman–Crippen LogP) is 4.56. The van der Waals surface area contributed by atoms with Crippen LogP contribution in [0.5, 0.6) is 11.5 Å². The van der Waals surface area contributed by atoms with Crippen LogP contribution >= 0.6 is 24.8 Å². The highest BCUT2D eigenvalue weighted by atomic mass is 35.5. The van der Waals surface area contributed by atoms with E-state index in [1.54, 1.807) is 14.2 Å². The Hall–Kier alpha value is -1.46. The van der Waals surface area contributed by atoms with Crippen LogP contribution in [-0.2, 0) is 6.42 Å². The van der Waals surface area contributed by atoms with Crippen molar-refractivity contribution in [3.63, 3.8) is 0 Å². The number of aryl methyl sites for hydroxylation is 1. The summed E-state index contributed by atoms with van der Waals surface area (Å²) in [7, 11) is 3.37. The van der Waals surface area contributed by atoms with E-state index < -0.39 is 0 Å². The fraction of sp³-hybridized carbons (Fsp3) is 0.478. The molecule has 1 aliphatic heterocycles. The summed E-state index contributed by atoms with van der Waals surface area (Å²) in [5, 5.41) is 3.71. The van der Waals surface area contributed by atoms with Crippen molar-refractivity contribution >= 4 is 24.8 Å². The van der Waals surface area contributed by atoms with Gasteiger partial charge in [0.2, 0.25) is 0 Å². The molecule has 2 unspecified atom stereocenters. The largest absolute Gasteiger partial charge is 0.493 e. The van der Waals surface area contributed by atoms with Gasteiger partial charge < -0.3 is 19.7 Å². The molecule has 29 heavy (non-hydrogen) atoms. The Balaban J connectivity index is 0.00000210. The van der Waals surface area contributed by atoms with Crippen molar-refractivity contribution in [3.8, 4) is 11.5 Å². The first-order valence-corrected chi connectivity index (χ1v) is 9.93. The summed E-state index contributed by atoms with van der Waals surface area (Å²) in [6.45, 7) is 6.72. The highest BCUT2D eigenvalue weighted by molar-refractivity contribution is 5.85. The average molecular weight is 441 g/mol. The minimum absolute atomic E-state index is 0. The van der Waals surface area contributed by atoms with Gasteiger partial charge in [-0.05, 0) is 48.6 Å². The summed E-state index contributed by atoms with van der Waals surface area (Å²) < 4.78 is 10.8. The van der Waals surface area contributed by atoms with E-state index in [9.17, 15) is 0 Å². The second-order valence-electron chi connectivity index (χ2n) is 7.35. The fourth-order valence-electron chi connectivity index (χ4n) is 3.90. The summed E-state index contributed by atoms with van der Waals surface area (Å²) in [6.07, 6.45) is 2.36. The fourth-order valence-corrected chi connectivity index (χ4v) is 3.90. The molecule has 0 bridgehead atoms. The normalized spacial score (nSPS) is 17.6. The summed E-state index contributed by atoms with van der Waals surface area (Å²) in [4.78, 5) is 2.60. The summed E-state index contributed by atoms with van der Waals surface area (Å²) in [5.41, 5.74) is 2.72. The summed E-state index contributed by atoms with van der Waals surface area (Å²) in [5.74, 6) is 2.01. The van der Waals surface area contributed by atoms with Crippen LogP contribution in [0.15, 0.2) is 48.5 Å². The maximum atomic E-state index is 5.47. The number of piperazine rings is 1. The highest BCUT2D eigenvalue weighted by Crippen LogP contribution is 2.32. The van der Waals surface area contributed by atoms with Crippen LogP contribution in [0, 0.1) is 0 Å². The van der Waals surface area contributed by atoms with Crippen LogP contribution in [0.25, 0.3) is 0 Å². The molecular weight excluding hydrogens is 407 g/mol. The van der Waals surface area contributed by atoms with E-state index in [0.717, 1.165) is 44.1 Å². The number of nitrogens with one attached hydrogen (secondary N) is 1. The van der Waals surface area contributed by atoms with E-state index in [-0.39, 0.29) is 24.8 Å². The maximum absolute atomic E-state index is 5.47. The molecule has 2 atom stereocenters. The Kier molecular flexibility index (Phi) is 11.4. The van der Waals surface area contributed by atoms with Crippen LogP contribution in [0.3, 0.4) is 0 Å². The number of methoxy groups -OCH3 is 2. The Morgan fingerprint density at radius 3 is 2.45 bits per heavy atom. The van der Waals surface area contributed by atoms with E-state index in [0.29, 0.717) is 12.0 Å². The van der Waals surface area contributed by atoms with Crippen molar-refractivity contribution in [1.29, 1.82) is 0 Å². The first kappa shape index (κ1) is 25.6. The summed E-state index contributed by atoms with van der Waals surface area (Å²) in [6, 6.07) is 17.5. The predicted molar refractivity (Wildman–Crippen MR) is 125 cm³/mol. The number of nitrogens with zero attached hydrogens (tertiary/aromatic N) is 1. The average Bonchev–Trinajstić information content (AvgIpc) is 2.73. The van der Waals surface area contributed by atoms with Crippen LogP contribution in [-0.4, -0.2) is 51.3 Å². The molecule has 1 saturated heterocycles. The Bertz CT molecular complexity index is 715. The number of hydrogen-bond acceptors (Lipinski definition) is 4. The van der Waals surface area contributed by atoms with Gasteiger partial charge in [0.05, 0.1) is 14.2 Å². The first-order chi connectivity index (χ1) is 13.2. The molecule has 0 aromatic heterocycles. The zero-order chi connectivity index (χ0) is 19.1. The van der Waals surface area contributed by atoms with Crippen LogP contribution in [0.4, 0.5) is 0 Å². The van der Waals surface area contributed by atoms with Crippen LogP contribution in [0.1, 0.15) is 30.4 Å². The van der Waals surface area contributed by atoms with Crippen molar-refractivity contribution in [2.75, 3.05) is 40.4 Å². The number of benzene rings is 2. The molecule has 0 amide bonds. The second-order valence-corrected chi connectivity index (χ2v) is 7.35. The molecular formula is C23H34Cl2N2O2. The van der Waals surface area contributed by atoms with E-state index in [2.05, 4.69) is 59.6 Å². The third-order valence-corrected chi connectivity index (χ3v) is 5.61. The number of ether oxygens (including phenoxy) is 2. The third-order valence-electron chi connectivity index (χ3n) is 5.61. The van der Waals surface area contributed by atoms with Gasteiger partial charge in [-0.25, -0.2) is 0 Å². The van der Waals surface area contributed by atoms with Gasteiger partial charge in [-0.2, -0.15) is 0 Å². The zero-order valence-corrected chi connectivity index (χ0v) is 19.2. The lowest BCUT2D eigenvalue weighted by Crippen LogP contribution is -2.52. The van der Waals surface area contributed by atoms with E-state index in [1.165, 1.54) is 17.5 Å². The van der Waals surface area contributed by atoms with Crippen molar-refractivity contribution in [2.45, 2.75) is 31.7 Å². The van der Waals surface area contributed by atoms with E-state index in [4.69, 9.17) is 9.47 Å². The Morgan fingerprint density at radius 2 is 1.76 bits per heavy atom. The SMILES string of the molecule is COc1ccc(C(C)C2CN(CCCc3ccccc3)CCN2)cc1OC.Cl.Cl. The molecule has 1 N–H and O–H groups in total. The molecule has 2 aromatic carbocycles. The molecule has 6 heteroatoms. The molecule has 1 aliphatic rings. The highest BCUT2D eigenvalue weighted by Gasteiger charge is 2.25. The molecule has 0 radical (unpaired) electrons. The van der Waals surface area contributed by atoms with Gasteiger partial charge in [0.25, 0.3) is 0 Å². The number of rotatable bonds is 8. The van der Waals surface area contributed by atoms with Gasteiger partial charge in [0, 0.05) is 25.7 Å². The minimum atomic E-state index is 0. The van der Waals surface area contributed by atoms with Crippen molar-refractivity contribution in [3.05, 3.63) is 59.7 Å². The topological polar surface area (TPSA) is 33.7 Å². The van der Waals surface area contributed by atoms with Gasteiger partial charge in [-0.1, -0.05) is 43.3 Å². The number of hydrogen-bond donors (Lipinski definition) is 1. The van der Waals surface area contributed by atoms with E-state index >= 15 is 0 Å². The number of halogens is 2. The van der Waals surface area contributed by atoms with Crippen LogP contribution < -0.4 is 14.8 Å². The smallest absolute Gasteiger partial charge is 0.160 e. The monoisotopic (exact) mass is 440 g/mol. The molecule has 0 spiro atoms. The third kappa shape index (κ3) is 7.07. The van der Waals surface area contributed by atoms with Gasteiger partial charge >= 0.3 is 0 Å². The second kappa shape index (κ2) is 13.0. The molecule has 2 aromatic rings.